The van der Waals surface area contributed by atoms with Crippen molar-refractivity contribution < 1.29 is 130 Å². The van der Waals surface area contributed by atoms with Gasteiger partial charge in [0.1, 0.15) is 11.3 Å². The van der Waals surface area contributed by atoms with Gasteiger partial charge in [0.05, 0.1) is 0 Å². The largest absolute Gasteiger partial charge is 1.00 e. The zero-order valence-corrected chi connectivity index (χ0v) is 18.2. The van der Waals surface area contributed by atoms with Crippen LogP contribution in [0, 0.1) is 6.92 Å². The maximum absolute atomic E-state index is 11.0. The van der Waals surface area contributed by atoms with Crippen LogP contribution in [0.25, 0.3) is 11.0 Å². The van der Waals surface area contributed by atoms with Crippen molar-refractivity contribution in [2.45, 2.75) is 6.92 Å². The van der Waals surface area contributed by atoms with Crippen LogP contribution in [0.2, 0.25) is 0 Å². The number of benzene rings is 1. The van der Waals surface area contributed by atoms with E-state index in [2.05, 4.69) is 0 Å². The Morgan fingerprint density at radius 1 is 1.15 bits per heavy atom. The van der Waals surface area contributed by atoms with Crippen LogP contribution in [0.1, 0.15) is 5.56 Å². The maximum Gasteiger partial charge on any atom is 1.00 e. The number of fused-ring (bicyclic) bond motifs is 1. The van der Waals surface area contributed by atoms with Crippen LogP contribution in [-0.4, -0.2) is 22.6 Å². The first kappa shape index (κ1) is 23.6. The van der Waals surface area contributed by atoms with E-state index in [1.807, 2.05) is 6.92 Å². The molecule has 98 valence electrons. The Morgan fingerprint density at radius 3 is 2.15 bits per heavy atom. The van der Waals surface area contributed by atoms with Gasteiger partial charge in [0.15, 0.2) is 0 Å². The SMILES string of the molecule is Cc1cc(=O)oc2cc(O)ccc12.O=S(=O)([O-])[O-].[K+].[K+]. The zero-order valence-electron chi connectivity index (χ0n) is 11.1. The fraction of sp³-hybridized carbons (Fsp3) is 0.100. The summed E-state index contributed by atoms with van der Waals surface area (Å²) < 4.78 is 39.0. The van der Waals surface area contributed by atoms with Crippen LogP contribution < -0.4 is 108 Å². The summed E-state index contributed by atoms with van der Waals surface area (Å²) in [4.78, 5) is 11.0. The summed E-state index contributed by atoms with van der Waals surface area (Å²) in [7, 11) is -5.17. The molecule has 1 aromatic heterocycles. The van der Waals surface area contributed by atoms with Gasteiger partial charge in [-0.2, -0.15) is 0 Å². The topological polar surface area (TPSA) is 131 Å². The maximum atomic E-state index is 11.0. The van der Waals surface area contributed by atoms with Gasteiger partial charge in [0.2, 0.25) is 0 Å². The van der Waals surface area contributed by atoms with Crippen molar-refractivity contribution in [2.24, 2.45) is 0 Å². The average molecular weight is 350 g/mol. The number of phenolic OH excluding ortho intramolecular Hbond substituents is 1. The van der Waals surface area contributed by atoms with E-state index in [0.717, 1.165) is 10.9 Å². The second-order valence-corrected chi connectivity index (χ2v) is 4.15. The molecule has 0 bridgehead atoms. The van der Waals surface area contributed by atoms with Crippen LogP contribution in [0.15, 0.2) is 33.5 Å². The fourth-order valence-electron chi connectivity index (χ4n) is 1.31. The van der Waals surface area contributed by atoms with Gasteiger partial charge in [-0.25, -0.2) is 4.79 Å². The van der Waals surface area contributed by atoms with Crippen molar-refractivity contribution in [3.8, 4) is 5.75 Å². The van der Waals surface area contributed by atoms with Crippen LogP contribution in [0.4, 0.5) is 0 Å². The molecule has 0 aliphatic rings. The molecule has 0 radical (unpaired) electrons. The molecule has 1 N–H and O–H groups in total. The van der Waals surface area contributed by atoms with E-state index in [9.17, 15) is 4.79 Å². The van der Waals surface area contributed by atoms with E-state index < -0.39 is 16.0 Å². The smallest absolute Gasteiger partial charge is 0.759 e. The molecule has 0 saturated carbocycles. The standard InChI is InChI=1S/C10H8O3.2K.H2O4S/c1-6-4-10(12)13-9-5-7(11)2-3-8(6)9;;;1-5(2,3)4/h2-5,11H,1H3;;;(H2,1,2,3,4)/q;2*+1;/p-2. The molecule has 0 fully saturated rings. The van der Waals surface area contributed by atoms with E-state index in [1.54, 1.807) is 12.1 Å². The molecule has 0 spiro atoms. The number of hydrogen-bond donors (Lipinski definition) is 1. The third kappa shape index (κ3) is 9.40. The normalized spacial score (nSPS) is 9.75. The molecule has 7 nitrogen and oxygen atoms in total. The molecule has 0 atom stereocenters. The van der Waals surface area contributed by atoms with Crippen LogP contribution in [0.3, 0.4) is 0 Å². The summed E-state index contributed by atoms with van der Waals surface area (Å²) in [6.45, 7) is 1.83. The van der Waals surface area contributed by atoms with Gasteiger partial charge in [0, 0.05) is 27.9 Å². The predicted molar refractivity (Wildman–Crippen MR) is 59.4 cm³/mol. The van der Waals surface area contributed by atoms with Gasteiger partial charge in [-0.15, -0.1) is 0 Å². The number of aromatic hydroxyl groups is 1. The third-order valence-corrected chi connectivity index (χ3v) is 1.93. The second-order valence-electron chi connectivity index (χ2n) is 3.34. The summed E-state index contributed by atoms with van der Waals surface area (Å²) in [5, 5.41) is 9.99. The van der Waals surface area contributed by atoms with Gasteiger partial charge in [-0.3, -0.25) is 8.42 Å². The molecule has 0 unspecified atom stereocenters. The Bertz CT molecular complexity index is 716. The first-order valence-corrected chi connectivity index (χ1v) is 5.90. The van der Waals surface area contributed by atoms with Crippen LogP contribution >= 0.6 is 0 Å². The number of hydrogen-bond acceptors (Lipinski definition) is 7. The van der Waals surface area contributed by atoms with Crippen molar-refractivity contribution in [3.05, 3.63) is 40.2 Å². The molecule has 2 rings (SSSR count). The van der Waals surface area contributed by atoms with Gasteiger partial charge < -0.3 is 18.6 Å². The molecule has 0 aliphatic carbocycles. The Hall–Kier alpha value is 1.37. The molecule has 20 heavy (non-hydrogen) atoms. The molecule has 0 amide bonds. The minimum Gasteiger partial charge on any atom is -0.759 e. The van der Waals surface area contributed by atoms with E-state index in [-0.39, 0.29) is 109 Å². The van der Waals surface area contributed by atoms with E-state index in [1.165, 1.54) is 12.1 Å². The average Bonchev–Trinajstić information content (AvgIpc) is 2.13. The monoisotopic (exact) mass is 350 g/mol. The van der Waals surface area contributed by atoms with Gasteiger partial charge in [-0.1, -0.05) is 0 Å². The number of rotatable bonds is 0. The molecule has 1 heterocycles. The Labute approximate surface area is 200 Å². The molecule has 1 aromatic carbocycles. The molecular weight excluding hydrogens is 342 g/mol. The van der Waals surface area contributed by atoms with Crippen molar-refractivity contribution >= 4 is 21.4 Å². The number of phenols is 1. The first-order chi connectivity index (χ1) is 8.16. The van der Waals surface area contributed by atoms with Crippen molar-refractivity contribution in [2.75, 3.05) is 0 Å². The van der Waals surface area contributed by atoms with Gasteiger partial charge in [-0.05, 0) is 24.6 Å². The summed E-state index contributed by atoms with van der Waals surface area (Å²) in [6.07, 6.45) is 0. The van der Waals surface area contributed by atoms with Crippen molar-refractivity contribution in [3.63, 3.8) is 0 Å². The van der Waals surface area contributed by atoms with Gasteiger partial charge in [0.25, 0.3) is 0 Å². The van der Waals surface area contributed by atoms with E-state index in [0.29, 0.717) is 5.58 Å². The van der Waals surface area contributed by atoms with Gasteiger partial charge >= 0.3 is 108 Å². The predicted octanol–water partition coefficient (Wildman–Crippen LogP) is -5.52. The number of aryl methyl sites for hydroxylation is 1. The molecule has 10 heteroatoms. The van der Waals surface area contributed by atoms with Crippen LogP contribution in [-0.2, 0) is 10.4 Å². The Morgan fingerprint density at radius 2 is 1.65 bits per heavy atom. The summed E-state index contributed by atoms with van der Waals surface area (Å²) in [6, 6.07) is 6.15. The minimum atomic E-state index is -5.17. The molecular formula is C10H8K2O7S. The van der Waals surface area contributed by atoms with E-state index in [4.69, 9.17) is 27.0 Å². The van der Waals surface area contributed by atoms with Crippen molar-refractivity contribution in [1.82, 2.24) is 0 Å². The second kappa shape index (κ2) is 10.2. The quantitative estimate of drug-likeness (QED) is 0.217. The third-order valence-electron chi connectivity index (χ3n) is 1.93. The Balaban J connectivity index is 0. The Kier molecular flexibility index (Phi) is 12.1. The first-order valence-electron chi connectivity index (χ1n) is 4.57. The van der Waals surface area contributed by atoms with E-state index >= 15 is 0 Å². The van der Waals surface area contributed by atoms with Crippen molar-refractivity contribution in [1.29, 1.82) is 0 Å². The van der Waals surface area contributed by atoms with Crippen LogP contribution in [0.5, 0.6) is 5.75 Å². The molecule has 0 aliphatic heterocycles. The molecule has 2 aromatic rings. The summed E-state index contributed by atoms with van der Waals surface area (Å²) in [5.41, 5.74) is 0.881. The zero-order chi connectivity index (χ0) is 13.9. The fourth-order valence-corrected chi connectivity index (χ4v) is 1.31. The summed E-state index contributed by atoms with van der Waals surface area (Å²) in [5.74, 6) is 0.0984. The summed E-state index contributed by atoms with van der Waals surface area (Å²) >= 11 is 0. The molecule has 0 saturated heterocycles. The minimum absolute atomic E-state index is 0.